The molecule has 1 amide bonds. The largest absolute Gasteiger partial charge is 0.337 e. The van der Waals surface area contributed by atoms with Crippen LogP contribution in [0.1, 0.15) is 16.8 Å². The van der Waals surface area contributed by atoms with Crippen molar-refractivity contribution >= 4 is 17.5 Å². The maximum atomic E-state index is 11.8. The standard InChI is InChI=1S/C10H11ClN2O/c11-9-3-5-13(7-9)10(14)8-2-1-4-12-6-8/h1-2,4,6,9H,3,5,7H2. The summed E-state index contributed by atoms with van der Waals surface area (Å²) in [7, 11) is 0. The maximum absolute atomic E-state index is 11.8. The Morgan fingerprint density at radius 1 is 1.64 bits per heavy atom. The van der Waals surface area contributed by atoms with Gasteiger partial charge in [-0.25, -0.2) is 0 Å². The van der Waals surface area contributed by atoms with Crippen molar-refractivity contribution < 1.29 is 4.79 Å². The summed E-state index contributed by atoms with van der Waals surface area (Å²) in [5.41, 5.74) is 0.637. The van der Waals surface area contributed by atoms with Gasteiger partial charge in [-0.1, -0.05) is 0 Å². The quantitative estimate of drug-likeness (QED) is 0.659. The summed E-state index contributed by atoms with van der Waals surface area (Å²) >= 11 is 5.93. The fourth-order valence-corrected chi connectivity index (χ4v) is 1.84. The summed E-state index contributed by atoms with van der Waals surface area (Å²) in [5, 5.41) is 0.107. The van der Waals surface area contributed by atoms with Gasteiger partial charge in [0.2, 0.25) is 0 Å². The third-order valence-electron chi connectivity index (χ3n) is 2.33. The van der Waals surface area contributed by atoms with E-state index in [1.807, 2.05) is 0 Å². The Kier molecular flexibility index (Phi) is 2.68. The number of nitrogens with zero attached hydrogens (tertiary/aromatic N) is 2. The first-order valence-electron chi connectivity index (χ1n) is 4.61. The second-order valence-corrected chi connectivity index (χ2v) is 4.00. The molecule has 1 aromatic rings. The summed E-state index contributed by atoms with van der Waals surface area (Å²) in [6.07, 6.45) is 4.13. The van der Waals surface area contributed by atoms with Crippen LogP contribution in [0, 0.1) is 0 Å². The van der Waals surface area contributed by atoms with Crippen LogP contribution in [0.5, 0.6) is 0 Å². The van der Waals surface area contributed by atoms with Crippen molar-refractivity contribution in [2.45, 2.75) is 11.8 Å². The van der Waals surface area contributed by atoms with Crippen molar-refractivity contribution in [2.24, 2.45) is 0 Å². The number of aromatic nitrogens is 1. The average molecular weight is 211 g/mol. The molecule has 0 radical (unpaired) electrons. The Morgan fingerprint density at radius 3 is 3.07 bits per heavy atom. The van der Waals surface area contributed by atoms with Crippen molar-refractivity contribution in [3.8, 4) is 0 Å². The molecule has 2 heterocycles. The normalized spacial score (nSPS) is 21.2. The SMILES string of the molecule is O=C(c1cccnc1)N1CCC(Cl)C1. The summed E-state index contributed by atoms with van der Waals surface area (Å²) < 4.78 is 0. The lowest BCUT2D eigenvalue weighted by atomic mass is 10.2. The number of rotatable bonds is 1. The molecule has 1 aliphatic rings. The highest BCUT2D eigenvalue weighted by molar-refractivity contribution is 6.21. The van der Waals surface area contributed by atoms with Crippen molar-refractivity contribution in [1.82, 2.24) is 9.88 Å². The molecule has 3 nitrogen and oxygen atoms in total. The third kappa shape index (κ3) is 1.87. The van der Waals surface area contributed by atoms with Crippen LogP contribution in [0.25, 0.3) is 0 Å². The highest BCUT2D eigenvalue weighted by atomic mass is 35.5. The molecule has 2 rings (SSSR count). The van der Waals surface area contributed by atoms with Gasteiger partial charge in [0, 0.05) is 25.5 Å². The number of hydrogen-bond acceptors (Lipinski definition) is 2. The molecular formula is C10H11ClN2O. The van der Waals surface area contributed by atoms with Crippen LogP contribution in [0.3, 0.4) is 0 Å². The lowest BCUT2D eigenvalue weighted by Gasteiger charge is -2.14. The van der Waals surface area contributed by atoms with Crippen LogP contribution in [-0.4, -0.2) is 34.3 Å². The number of hydrogen-bond donors (Lipinski definition) is 0. The second kappa shape index (κ2) is 3.96. The van der Waals surface area contributed by atoms with Crippen molar-refractivity contribution in [1.29, 1.82) is 0 Å². The molecular weight excluding hydrogens is 200 g/mol. The van der Waals surface area contributed by atoms with Crippen LogP contribution in [0.2, 0.25) is 0 Å². The van der Waals surface area contributed by atoms with Crippen LogP contribution in [0.15, 0.2) is 24.5 Å². The van der Waals surface area contributed by atoms with E-state index in [0.717, 1.165) is 13.0 Å². The molecule has 0 aromatic carbocycles. The summed E-state index contributed by atoms with van der Waals surface area (Å²) in [4.78, 5) is 17.5. The topological polar surface area (TPSA) is 33.2 Å². The predicted molar refractivity (Wildman–Crippen MR) is 54.4 cm³/mol. The monoisotopic (exact) mass is 210 g/mol. The van der Waals surface area contributed by atoms with Gasteiger partial charge >= 0.3 is 0 Å². The summed E-state index contributed by atoms with van der Waals surface area (Å²) in [6.45, 7) is 1.40. The highest BCUT2D eigenvalue weighted by Gasteiger charge is 2.25. The van der Waals surface area contributed by atoms with Gasteiger partial charge in [-0.15, -0.1) is 11.6 Å². The second-order valence-electron chi connectivity index (χ2n) is 3.38. The van der Waals surface area contributed by atoms with Gasteiger partial charge in [0.05, 0.1) is 10.9 Å². The number of pyridine rings is 1. The van der Waals surface area contributed by atoms with Gasteiger partial charge in [0.15, 0.2) is 0 Å². The fourth-order valence-electron chi connectivity index (χ4n) is 1.57. The van der Waals surface area contributed by atoms with Crippen LogP contribution in [0.4, 0.5) is 0 Å². The van der Waals surface area contributed by atoms with Crippen molar-refractivity contribution in [3.05, 3.63) is 30.1 Å². The molecule has 0 saturated carbocycles. The molecule has 0 bridgehead atoms. The zero-order chi connectivity index (χ0) is 9.97. The molecule has 1 unspecified atom stereocenters. The number of alkyl halides is 1. The molecule has 14 heavy (non-hydrogen) atoms. The highest BCUT2D eigenvalue weighted by Crippen LogP contribution is 2.16. The minimum atomic E-state index is 0.0289. The van der Waals surface area contributed by atoms with Gasteiger partial charge in [0.1, 0.15) is 0 Å². The lowest BCUT2D eigenvalue weighted by molar-refractivity contribution is 0.0792. The van der Waals surface area contributed by atoms with Crippen LogP contribution < -0.4 is 0 Å². The predicted octanol–water partition coefficient (Wildman–Crippen LogP) is 1.53. The zero-order valence-electron chi connectivity index (χ0n) is 7.69. The summed E-state index contributed by atoms with van der Waals surface area (Å²) in [5.74, 6) is 0.0289. The summed E-state index contributed by atoms with van der Waals surface area (Å²) in [6, 6.07) is 3.54. The van der Waals surface area contributed by atoms with Gasteiger partial charge in [-0.2, -0.15) is 0 Å². The molecule has 1 fully saturated rings. The van der Waals surface area contributed by atoms with E-state index in [1.54, 1.807) is 29.4 Å². The van der Waals surface area contributed by atoms with Crippen LogP contribution >= 0.6 is 11.6 Å². The van der Waals surface area contributed by atoms with Crippen LogP contribution in [-0.2, 0) is 0 Å². The smallest absolute Gasteiger partial charge is 0.255 e. The first-order chi connectivity index (χ1) is 6.77. The van der Waals surface area contributed by atoms with Crippen molar-refractivity contribution in [3.63, 3.8) is 0 Å². The van der Waals surface area contributed by atoms with Gasteiger partial charge in [0.25, 0.3) is 5.91 Å². The number of likely N-dealkylation sites (tertiary alicyclic amines) is 1. The van der Waals surface area contributed by atoms with E-state index in [1.165, 1.54) is 0 Å². The van der Waals surface area contributed by atoms with E-state index in [4.69, 9.17) is 11.6 Å². The molecule has 0 spiro atoms. The molecule has 1 aliphatic heterocycles. The number of amides is 1. The Balaban J connectivity index is 2.10. The molecule has 74 valence electrons. The maximum Gasteiger partial charge on any atom is 0.255 e. The molecule has 0 aliphatic carbocycles. The molecule has 1 aromatic heterocycles. The first kappa shape index (κ1) is 9.46. The zero-order valence-corrected chi connectivity index (χ0v) is 8.44. The minimum Gasteiger partial charge on any atom is -0.337 e. The lowest BCUT2D eigenvalue weighted by Crippen LogP contribution is -2.28. The van der Waals surface area contributed by atoms with Gasteiger partial charge in [-0.05, 0) is 18.6 Å². The van der Waals surface area contributed by atoms with Gasteiger partial charge < -0.3 is 4.90 Å². The Hall–Kier alpha value is -1.09. The average Bonchev–Trinajstić information content (AvgIpc) is 2.65. The number of carbonyl (C=O) groups is 1. The van der Waals surface area contributed by atoms with E-state index in [0.29, 0.717) is 12.1 Å². The Labute approximate surface area is 87.7 Å². The molecule has 4 heteroatoms. The van der Waals surface area contributed by atoms with E-state index >= 15 is 0 Å². The Bertz CT molecular complexity index is 328. The minimum absolute atomic E-state index is 0.0289. The first-order valence-corrected chi connectivity index (χ1v) is 5.04. The molecule has 0 N–H and O–H groups in total. The van der Waals surface area contributed by atoms with Gasteiger partial charge in [-0.3, -0.25) is 9.78 Å². The van der Waals surface area contributed by atoms with Crippen molar-refractivity contribution in [2.75, 3.05) is 13.1 Å². The van der Waals surface area contributed by atoms with E-state index in [-0.39, 0.29) is 11.3 Å². The van der Waals surface area contributed by atoms with E-state index in [9.17, 15) is 4.79 Å². The number of halogens is 1. The van der Waals surface area contributed by atoms with E-state index in [2.05, 4.69) is 4.98 Å². The number of carbonyl (C=O) groups excluding carboxylic acids is 1. The molecule has 1 atom stereocenters. The van der Waals surface area contributed by atoms with E-state index < -0.39 is 0 Å². The Morgan fingerprint density at radius 2 is 2.50 bits per heavy atom. The molecule has 1 saturated heterocycles. The third-order valence-corrected chi connectivity index (χ3v) is 2.68. The fraction of sp³-hybridized carbons (Fsp3) is 0.400.